The van der Waals surface area contributed by atoms with E-state index in [1.54, 1.807) is 6.07 Å². The van der Waals surface area contributed by atoms with Gasteiger partial charge in [0.1, 0.15) is 18.0 Å². The minimum atomic E-state index is -4.61. The number of nitrogens with zero attached hydrogens (tertiary/aromatic N) is 3. The average molecular weight is 418 g/mol. The van der Waals surface area contributed by atoms with Crippen LogP contribution in [0.15, 0.2) is 59.4 Å². The number of hydrogen-bond acceptors (Lipinski definition) is 6. The Morgan fingerprint density at radius 2 is 1.80 bits per heavy atom. The van der Waals surface area contributed by atoms with Gasteiger partial charge in [-0.15, -0.1) is 0 Å². The highest BCUT2D eigenvalue weighted by Crippen LogP contribution is 2.35. The molecule has 1 atom stereocenters. The number of benzene rings is 2. The fraction of sp³-hybridized carbons (Fsp3) is 0.150. The minimum absolute atomic E-state index is 0.0142. The molecule has 4 aromatic rings. The summed E-state index contributed by atoms with van der Waals surface area (Å²) in [5.41, 5.74) is 0.394. The third-order valence-corrected chi connectivity index (χ3v) is 4.43. The first-order chi connectivity index (χ1) is 14.3. The predicted octanol–water partition coefficient (Wildman–Crippen LogP) is 4.59. The summed E-state index contributed by atoms with van der Waals surface area (Å²) in [5.74, 6) is 0.000223. The smallest absolute Gasteiger partial charge is 0.387 e. The summed E-state index contributed by atoms with van der Waals surface area (Å²) in [6.07, 6.45) is -4.21. The van der Waals surface area contributed by atoms with E-state index in [4.69, 9.17) is 4.52 Å². The molecule has 0 fully saturated rings. The first-order valence-corrected chi connectivity index (χ1v) is 8.78. The van der Waals surface area contributed by atoms with Gasteiger partial charge in [-0.2, -0.15) is 13.2 Å². The fourth-order valence-electron chi connectivity index (χ4n) is 2.92. The highest BCUT2D eigenvalue weighted by Gasteiger charge is 2.37. The second-order valence-electron chi connectivity index (χ2n) is 6.48. The predicted molar refractivity (Wildman–Crippen MR) is 99.9 cm³/mol. The second kappa shape index (κ2) is 7.71. The molecule has 6 nitrogen and oxygen atoms in total. The van der Waals surface area contributed by atoms with Crippen molar-refractivity contribution in [3.05, 3.63) is 71.9 Å². The van der Waals surface area contributed by atoms with E-state index in [-0.39, 0.29) is 17.5 Å². The van der Waals surface area contributed by atoms with Crippen molar-refractivity contribution >= 4 is 16.8 Å². The van der Waals surface area contributed by atoms with Gasteiger partial charge >= 0.3 is 6.18 Å². The molecule has 2 aromatic heterocycles. The first-order valence-electron chi connectivity index (χ1n) is 8.78. The van der Waals surface area contributed by atoms with Crippen molar-refractivity contribution in [2.45, 2.75) is 12.3 Å². The van der Waals surface area contributed by atoms with Crippen LogP contribution < -0.4 is 5.32 Å². The largest absolute Gasteiger partial charge is 0.437 e. The van der Waals surface area contributed by atoms with Crippen LogP contribution in [0.4, 0.5) is 23.4 Å². The molecule has 0 aliphatic rings. The van der Waals surface area contributed by atoms with Gasteiger partial charge in [0.2, 0.25) is 0 Å². The maximum absolute atomic E-state index is 13.0. The third-order valence-electron chi connectivity index (χ3n) is 4.43. The molecule has 0 aliphatic heterocycles. The fourth-order valence-corrected chi connectivity index (χ4v) is 2.92. The summed E-state index contributed by atoms with van der Waals surface area (Å²) in [7, 11) is 0. The van der Waals surface area contributed by atoms with E-state index in [1.807, 2.05) is 0 Å². The number of hydrogen-bond donors (Lipinski definition) is 2. The number of anilines is 1. The topological polar surface area (TPSA) is 84.1 Å². The Balaban J connectivity index is 1.52. The molecule has 2 N–H and O–H groups in total. The highest BCUT2D eigenvalue weighted by atomic mass is 19.4. The van der Waals surface area contributed by atoms with Crippen LogP contribution in [0.25, 0.3) is 22.2 Å². The molecular formula is C20H14F4N4O2. The second-order valence-corrected chi connectivity index (χ2v) is 6.48. The molecule has 0 radical (unpaired) electrons. The van der Waals surface area contributed by atoms with Gasteiger partial charge in [0.25, 0.3) is 0 Å². The number of aliphatic hydroxyl groups is 1. The summed E-state index contributed by atoms with van der Waals surface area (Å²) in [4.78, 5) is 8.19. The number of halogens is 4. The summed E-state index contributed by atoms with van der Waals surface area (Å²) < 4.78 is 56.6. The molecule has 10 heteroatoms. The van der Waals surface area contributed by atoms with Gasteiger partial charge in [-0.05, 0) is 29.8 Å². The Labute approximate surface area is 167 Å². The lowest BCUT2D eigenvalue weighted by atomic mass is 10.1. The summed E-state index contributed by atoms with van der Waals surface area (Å²) in [6, 6.07) is 11.2. The molecule has 0 saturated carbocycles. The molecule has 30 heavy (non-hydrogen) atoms. The number of fused-ring (bicyclic) bond motifs is 1. The molecule has 0 unspecified atom stereocenters. The Kier molecular flexibility index (Phi) is 5.08. The van der Waals surface area contributed by atoms with E-state index in [0.29, 0.717) is 22.6 Å². The van der Waals surface area contributed by atoms with Crippen LogP contribution in [0.1, 0.15) is 17.4 Å². The number of rotatable bonds is 5. The van der Waals surface area contributed by atoms with Crippen LogP contribution in [0, 0.1) is 5.82 Å². The van der Waals surface area contributed by atoms with Gasteiger partial charge in [-0.3, -0.25) is 0 Å². The molecular weight excluding hydrogens is 404 g/mol. The number of aromatic nitrogens is 3. The molecule has 0 aliphatic carbocycles. The quantitative estimate of drug-likeness (QED) is 0.462. The van der Waals surface area contributed by atoms with Gasteiger partial charge in [-0.25, -0.2) is 14.4 Å². The Morgan fingerprint density at radius 1 is 1.03 bits per heavy atom. The van der Waals surface area contributed by atoms with Crippen LogP contribution >= 0.6 is 0 Å². The van der Waals surface area contributed by atoms with Crippen LogP contribution in [0.5, 0.6) is 0 Å². The lowest BCUT2D eigenvalue weighted by molar-refractivity contribution is -0.141. The molecule has 2 aromatic carbocycles. The normalized spacial score (nSPS) is 12.8. The Bertz CT molecular complexity index is 1180. The van der Waals surface area contributed by atoms with Gasteiger partial charge in [0.05, 0.1) is 17.2 Å². The third kappa shape index (κ3) is 4.08. The van der Waals surface area contributed by atoms with Crippen molar-refractivity contribution in [3.63, 3.8) is 0 Å². The zero-order valence-electron chi connectivity index (χ0n) is 15.2. The average Bonchev–Trinajstić information content (AvgIpc) is 3.16. The monoisotopic (exact) mass is 418 g/mol. The maximum Gasteiger partial charge on any atom is 0.437 e. The Morgan fingerprint density at radius 3 is 2.53 bits per heavy atom. The summed E-state index contributed by atoms with van der Waals surface area (Å²) in [6.45, 7) is 0.109. The molecule has 154 valence electrons. The van der Waals surface area contributed by atoms with Crippen molar-refractivity contribution in [1.82, 2.24) is 15.1 Å². The van der Waals surface area contributed by atoms with Gasteiger partial charge < -0.3 is 14.9 Å². The van der Waals surface area contributed by atoms with Crippen LogP contribution in [-0.4, -0.2) is 26.8 Å². The number of nitrogens with one attached hydrogen (secondary N) is 1. The van der Waals surface area contributed by atoms with Crippen molar-refractivity contribution < 1.29 is 27.2 Å². The van der Waals surface area contributed by atoms with E-state index >= 15 is 0 Å². The molecule has 0 spiro atoms. The van der Waals surface area contributed by atoms with Crippen molar-refractivity contribution in [1.29, 1.82) is 0 Å². The van der Waals surface area contributed by atoms with E-state index in [2.05, 4.69) is 20.4 Å². The first kappa shape index (κ1) is 19.8. The zero-order valence-corrected chi connectivity index (χ0v) is 15.2. The maximum atomic E-state index is 13.0. The Hall–Kier alpha value is -3.53. The molecule has 2 heterocycles. The van der Waals surface area contributed by atoms with Crippen molar-refractivity contribution in [2.75, 3.05) is 11.9 Å². The van der Waals surface area contributed by atoms with Crippen molar-refractivity contribution in [3.8, 4) is 11.3 Å². The van der Waals surface area contributed by atoms with Gasteiger partial charge in [0.15, 0.2) is 11.3 Å². The van der Waals surface area contributed by atoms with E-state index in [9.17, 15) is 22.7 Å². The standard InChI is InChI=1S/C20H14F4N4O2/c21-13-4-1-11(2-5-13)16(29)9-25-18-8-15(26-10-27-18)12-3-6-14-17(7-12)30-28-19(14)20(22,23)24/h1-8,10,16,29H,9H2,(H,25,26,27)/t16-/m0/s1. The SMILES string of the molecule is O[C@@H](CNc1cc(-c2ccc3c(C(F)(F)F)noc3c2)ncn1)c1ccc(F)cc1. The van der Waals surface area contributed by atoms with E-state index in [0.717, 1.165) is 0 Å². The zero-order chi connectivity index (χ0) is 21.3. The highest BCUT2D eigenvalue weighted by molar-refractivity contribution is 5.84. The molecule has 0 saturated heterocycles. The van der Waals surface area contributed by atoms with E-state index < -0.39 is 23.8 Å². The van der Waals surface area contributed by atoms with Gasteiger partial charge in [-0.1, -0.05) is 23.4 Å². The van der Waals surface area contributed by atoms with Crippen LogP contribution in [-0.2, 0) is 6.18 Å². The van der Waals surface area contributed by atoms with Gasteiger partial charge in [0, 0.05) is 18.2 Å². The van der Waals surface area contributed by atoms with Crippen LogP contribution in [0.3, 0.4) is 0 Å². The van der Waals surface area contributed by atoms with E-state index in [1.165, 1.54) is 48.8 Å². The van der Waals surface area contributed by atoms with Crippen molar-refractivity contribution in [2.24, 2.45) is 0 Å². The number of aliphatic hydroxyl groups excluding tert-OH is 1. The molecule has 0 amide bonds. The minimum Gasteiger partial charge on any atom is -0.387 e. The lowest BCUT2D eigenvalue weighted by Gasteiger charge is -2.13. The summed E-state index contributed by atoms with van der Waals surface area (Å²) in [5, 5.41) is 16.1. The molecule has 4 rings (SSSR count). The lowest BCUT2D eigenvalue weighted by Crippen LogP contribution is -2.13. The molecule has 0 bridgehead atoms. The summed E-state index contributed by atoms with van der Waals surface area (Å²) >= 11 is 0. The van der Waals surface area contributed by atoms with Crippen LogP contribution in [0.2, 0.25) is 0 Å². The number of alkyl halides is 3.